The quantitative estimate of drug-likeness (QED) is 0.347. The average Bonchev–Trinajstić information content (AvgIpc) is 3.47. The minimum atomic E-state index is 0.564. The predicted molar refractivity (Wildman–Crippen MR) is 133 cm³/mol. The summed E-state index contributed by atoms with van der Waals surface area (Å²) in [6.07, 6.45) is 3.97. The summed E-state index contributed by atoms with van der Waals surface area (Å²) in [4.78, 5) is 9.43. The van der Waals surface area contributed by atoms with Gasteiger partial charge in [-0.2, -0.15) is 0 Å². The second kappa shape index (κ2) is 8.94. The molecule has 3 N–H and O–H groups in total. The predicted octanol–water partition coefficient (Wildman–Crippen LogP) is 5.59. The van der Waals surface area contributed by atoms with Crippen LogP contribution in [-0.4, -0.2) is 14.5 Å². The van der Waals surface area contributed by atoms with Crippen LogP contribution in [0.25, 0.3) is 21.5 Å². The summed E-state index contributed by atoms with van der Waals surface area (Å²) in [5.41, 5.74) is 12.8. The van der Waals surface area contributed by atoms with E-state index >= 15 is 0 Å². The third-order valence-electron chi connectivity index (χ3n) is 5.69. The minimum Gasteiger partial charge on any atom is -0.365 e. The van der Waals surface area contributed by atoms with Gasteiger partial charge in [-0.25, -0.2) is 9.97 Å². The van der Waals surface area contributed by atoms with E-state index in [1.807, 2.05) is 24.4 Å². The van der Waals surface area contributed by atoms with Gasteiger partial charge in [0.25, 0.3) is 0 Å². The van der Waals surface area contributed by atoms with E-state index in [-0.39, 0.29) is 0 Å². The van der Waals surface area contributed by atoms with Crippen molar-refractivity contribution in [3.8, 4) is 10.6 Å². The highest BCUT2D eigenvalue weighted by molar-refractivity contribution is 7.13. The zero-order valence-electron chi connectivity index (χ0n) is 18.0. The van der Waals surface area contributed by atoms with Crippen LogP contribution in [0.2, 0.25) is 0 Å². The molecule has 0 aliphatic carbocycles. The molecule has 32 heavy (non-hydrogen) atoms. The largest absolute Gasteiger partial charge is 0.365 e. The smallest absolute Gasteiger partial charge is 0.135 e. The molecule has 0 bridgehead atoms. The van der Waals surface area contributed by atoms with E-state index in [0.29, 0.717) is 6.54 Å². The second-order valence-corrected chi connectivity index (χ2v) is 8.72. The van der Waals surface area contributed by atoms with Gasteiger partial charge in [0.15, 0.2) is 0 Å². The van der Waals surface area contributed by atoms with E-state index < -0.39 is 0 Å². The molecule has 3 heterocycles. The Labute approximate surface area is 191 Å². The Morgan fingerprint density at radius 1 is 1.06 bits per heavy atom. The van der Waals surface area contributed by atoms with Gasteiger partial charge in [0.05, 0.1) is 17.8 Å². The lowest BCUT2D eigenvalue weighted by molar-refractivity contribution is 0.815. The van der Waals surface area contributed by atoms with Crippen molar-refractivity contribution < 1.29 is 0 Å². The van der Waals surface area contributed by atoms with Gasteiger partial charge < -0.3 is 15.6 Å². The van der Waals surface area contributed by atoms with Crippen molar-refractivity contribution in [2.75, 3.05) is 5.32 Å². The Balaban J connectivity index is 1.35. The van der Waals surface area contributed by atoms with Crippen molar-refractivity contribution in [1.82, 2.24) is 14.5 Å². The van der Waals surface area contributed by atoms with Crippen molar-refractivity contribution >= 4 is 28.1 Å². The number of thiazole rings is 1. The lowest BCUT2D eigenvalue weighted by Crippen LogP contribution is -2.05. The topological polar surface area (TPSA) is 68.8 Å². The van der Waals surface area contributed by atoms with Gasteiger partial charge in [-0.15, -0.1) is 11.3 Å². The normalized spacial score (nSPS) is 11.2. The lowest BCUT2D eigenvalue weighted by Gasteiger charge is -2.11. The molecule has 0 saturated carbocycles. The van der Waals surface area contributed by atoms with Gasteiger partial charge in [0.2, 0.25) is 0 Å². The van der Waals surface area contributed by atoms with E-state index in [1.165, 1.54) is 11.1 Å². The van der Waals surface area contributed by atoms with Crippen molar-refractivity contribution in [2.45, 2.75) is 26.6 Å². The monoisotopic (exact) mass is 439 g/mol. The SMILES string of the molecule is Cc1cc(CN)ccc1CNc1nccc2c1ccn2Cc1csc(-c2ccccc2)n1. The molecule has 160 valence electrons. The molecule has 3 aromatic heterocycles. The zero-order chi connectivity index (χ0) is 21.9. The van der Waals surface area contributed by atoms with Gasteiger partial charge in [0, 0.05) is 41.8 Å². The zero-order valence-corrected chi connectivity index (χ0v) is 18.8. The molecule has 5 nitrogen and oxygen atoms in total. The van der Waals surface area contributed by atoms with Crippen molar-refractivity contribution in [3.05, 3.63) is 101 Å². The second-order valence-electron chi connectivity index (χ2n) is 7.86. The molecule has 0 aliphatic heterocycles. The molecule has 6 heteroatoms. The molecule has 0 saturated heterocycles. The standard InChI is InChI=1S/C26H25N5S/c1-18-13-19(14-27)7-8-21(18)15-29-25-23-10-12-31(24(23)9-11-28-25)16-22-17-32-26(30-22)20-5-3-2-4-6-20/h2-13,17H,14-16,27H2,1H3,(H,28,29). The summed E-state index contributed by atoms with van der Waals surface area (Å²) >= 11 is 1.69. The average molecular weight is 440 g/mol. The molecule has 0 unspecified atom stereocenters. The summed E-state index contributed by atoms with van der Waals surface area (Å²) in [6.45, 7) is 4.14. The lowest BCUT2D eigenvalue weighted by atomic mass is 10.1. The maximum Gasteiger partial charge on any atom is 0.135 e. The number of hydrogen-bond acceptors (Lipinski definition) is 5. The maximum absolute atomic E-state index is 5.75. The summed E-state index contributed by atoms with van der Waals surface area (Å²) in [7, 11) is 0. The molecular formula is C26H25N5S. The number of nitrogens with one attached hydrogen (secondary N) is 1. The van der Waals surface area contributed by atoms with Crippen molar-refractivity contribution in [2.24, 2.45) is 5.73 Å². The van der Waals surface area contributed by atoms with Gasteiger partial charge in [0.1, 0.15) is 10.8 Å². The summed E-state index contributed by atoms with van der Waals surface area (Å²) < 4.78 is 2.23. The number of aryl methyl sites for hydroxylation is 1. The fourth-order valence-corrected chi connectivity index (χ4v) is 4.75. The first kappa shape index (κ1) is 20.4. The highest BCUT2D eigenvalue weighted by Gasteiger charge is 2.10. The van der Waals surface area contributed by atoms with Crippen LogP contribution < -0.4 is 11.1 Å². The molecule has 0 fully saturated rings. The summed E-state index contributed by atoms with van der Waals surface area (Å²) in [5, 5.41) is 7.82. The first-order valence-electron chi connectivity index (χ1n) is 10.7. The van der Waals surface area contributed by atoms with Crippen molar-refractivity contribution in [1.29, 1.82) is 0 Å². The highest BCUT2D eigenvalue weighted by Crippen LogP contribution is 2.27. The minimum absolute atomic E-state index is 0.564. The Kier molecular flexibility index (Phi) is 5.71. The van der Waals surface area contributed by atoms with Crippen LogP contribution in [0, 0.1) is 6.92 Å². The fraction of sp³-hybridized carbons (Fsp3) is 0.154. The van der Waals surface area contributed by atoms with Crippen LogP contribution in [0.1, 0.15) is 22.4 Å². The Morgan fingerprint density at radius 2 is 1.94 bits per heavy atom. The number of nitrogens with two attached hydrogens (primary N) is 1. The highest BCUT2D eigenvalue weighted by atomic mass is 32.1. The van der Waals surface area contributed by atoms with E-state index in [9.17, 15) is 0 Å². The molecule has 0 amide bonds. The van der Waals surface area contributed by atoms with Gasteiger partial charge in [-0.05, 0) is 35.7 Å². The molecule has 5 rings (SSSR count). The van der Waals surface area contributed by atoms with Gasteiger partial charge in [-0.3, -0.25) is 0 Å². The molecular weight excluding hydrogens is 414 g/mol. The fourth-order valence-electron chi connectivity index (χ4n) is 3.93. The van der Waals surface area contributed by atoms with Crippen LogP contribution in [0.4, 0.5) is 5.82 Å². The van der Waals surface area contributed by atoms with Crippen molar-refractivity contribution in [3.63, 3.8) is 0 Å². The number of aromatic nitrogens is 3. The number of benzene rings is 2. The molecule has 5 aromatic rings. The molecule has 2 aromatic carbocycles. The number of fused-ring (bicyclic) bond motifs is 1. The number of nitrogens with zero attached hydrogens (tertiary/aromatic N) is 3. The summed E-state index contributed by atoms with van der Waals surface area (Å²) in [5.74, 6) is 0.895. The molecule has 0 spiro atoms. The van der Waals surface area contributed by atoms with Crippen LogP contribution in [0.15, 0.2) is 78.4 Å². The third kappa shape index (κ3) is 4.15. The molecule has 0 aliphatic rings. The Morgan fingerprint density at radius 3 is 2.75 bits per heavy atom. The van der Waals surface area contributed by atoms with E-state index in [1.54, 1.807) is 11.3 Å². The third-order valence-corrected chi connectivity index (χ3v) is 6.63. The van der Waals surface area contributed by atoms with Crippen LogP contribution in [0.3, 0.4) is 0 Å². The van der Waals surface area contributed by atoms with E-state index in [0.717, 1.165) is 51.6 Å². The van der Waals surface area contributed by atoms with Crippen LogP contribution in [-0.2, 0) is 19.6 Å². The first-order valence-corrected chi connectivity index (χ1v) is 11.6. The van der Waals surface area contributed by atoms with E-state index in [4.69, 9.17) is 10.7 Å². The summed E-state index contributed by atoms with van der Waals surface area (Å²) in [6, 6.07) is 20.9. The molecule has 0 atom stereocenters. The van der Waals surface area contributed by atoms with Gasteiger partial charge in [-0.1, -0.05) is 48.5 Å². The Bertz CT molecular complexity index is 1350. The van der Waals surface area contributed by atoms with Gasteiger partial charge >= 0.3 is 0 Å². The maximum atomic E-state index is 5.75. The van der Waals surface area contributed by atoms with E-state index in [2.05, 4.69) is 75.8 Å². The van der Waals surface area contributed by atoms with Crippen LogP contribution in [0.5, 0.6) is 0 Å². The Hall–Kier alpha value is -3.48. The molecule has 0 radical (unpaired) electrons. The number of rotatable bonds is 7. The first-order chi connectivity index (χ1) is 15.7. The van der Waals surface area contributed by atoms with Crippen LogP contribution >= 0.6 is 11.3 Å². The number of hydrogen-bond donors (Lipinski definition) is 2. The number of anilines is 1. The number of pyridine rings is 1.